The van der Waals surface area contributed by atoms with Crippen LogP contribution in [0.25, 0.3) is 0 Å². The number of carbonyl (C=O) groups is 1. The maximum absolute atomic E-state index is 11.2. The lowest BCUT2D eigenvalue weighted by Gasteiger charge is -2.39. The van der Waals surface area contributed by atoms with E-state index in [-0.39, 0.29) is 12.2 Å². The van der Waals surface area contributed by atoms with Gasteiger partial charge < -0.3 is 9.84 Å². The number of aliphatic hydroxyl groups is 1. The molecule has 0 aliphatic rings. The Morgan fingerprint density at radius 1 is 1.41 bits per heavy atom. The van der Waals surface area contributed by atoms with Gasteiger partial charge in [0.1, 0.15) is 0 Å². The zero-order valence-corrected chi connectivity index (χ0v) is 11.5. The Labute approximate surface area is 104 Å². The van der Waals surface area contributed by atoms with E-state index < -0.39 is 0 Å². The molecule has 0 amide bonds. The summed E-state index contributed by atoms with van der Waals surface area (Å²) in [7, 11) is 0. The van der Waals surface area contributed by atoms with E-state index in [0.717, 1.165) is 26.1 Å². The summed E-state index contributed by atoms with van der Waals surface area (Å²) in [6.07, 6.45) is 0.368. The zero-order chi connectivity index (χ0) is 13.5. The molecule has 0 rings (SSSR count). The molecule has 0 aromatic heterocycles. The van der Waals surface area contributed by atoms with Gasteiger partial charge in [-0.1, -0.05) is 6.58 Å². The number of rotatable bonds is 8. The Morgan fingerprint density at radius 3 is 2.29 bits per heavy atom. The fourth-order valence-electron chi connectivity index (χ4n) is 1.92. The molecular weight excluding hydrogens is 218 g/mol. The van der Waals surface area contributed by atoms with Gasteiger partial charge in [0.25, 0.3) is 0 Å². The summed E-state index contributed by atoms with van der Waals surface area (Å²) >= 11 is 0. The van der Waals surface area contributed by atoms with Gasteiger partial charge in [-0.2, -0.15) is 0 Å². The van der Waals surface area contributed by atoms with E-state index >= 15 is 0 Å². The van der Waals surface area contributed by atoms with E-state index in [9.17, 15) is 9.90 Å². The number of carbonyl (C=O) groups excluding carboxylic acids is 1. The highest BCUT2D eigenvalue weighted by Crippen LogP contribution is 2.12. The molecule has 0 heterocycles. The van der Waals surface area contributed by atoms with Crippen LogP contribution in [0.4, 0.5) is 0 Å². The van der Waals surface area contributed by atoms with Gasteiger partial charge in [0, 0.05) is 18.9 Å². The third-order valence-electron chi connectivity index (χ3n) is 3.38. The molecule has 1 N–H and O–H groups in total. The van der Waals surface area contributed by atoms with Crippen LogP contribution in [-0.2, 0) is 9.53 Å². The summed E-state index contributed by atoms with van der Waals surface area (Å²) in [5.41, 5.74) is 0.423. The molecular formula is C13H26NO3+. The summed E-state index contributed by atoms with van der Waals surface area (Å²) in [6, 6.07) is 0. The first-order chi connectivity index (χ1) is 7.89. The Bertz CT molecular complexity index is 257. The highest BCUT2D eigenvalue weighted by molar-refractivity contribution is 5.86. The van der Waals surface area contributed by atoms with Gasteiger partial charge in [0.15, 0.2) is 6.23 Å². The minimum Gasteiger partial charge on any atom is -0.462 e. The van der Waals surface area contributed by atoms with Crippen molar-refractivity contribution >= 4 is 5.97 Å². The van der Waals surface area contributed by atoms with E-state index in [4.69, 9.17) is 4.74 Å². The maximum atomic E-state index is 11.2. The lowest BCUT2D eigenvalue weighted by molar-refractivity contribution is -0.966. The molecule has 17 heavy (non-hydrogen) atoms. The molecule has 0 radical (unpaired) electrons. The maximum Gasteiger partial charge on any atom is 0.333 e. The van der Waals surface area contributed by atoms with Crippen molar-refractivity contribution in [2.75, 3.05) is 26.2 Å². The van der Waals surface area contributed by atoms with Gasteiger partial charge in [-0.3, -0.25) is 4.48 Å². The SMILES string of the molecule is C=C(C)C(=O)OCCC[N+](CC)(CC)C(C)O. The third-order valence-corrected chi connectivity index (χ3v) is 3.38. The number of ether oxygens (including phenoxy) is 1. The average molecular weight is 244 g/mol. The molecule has 0 fully saturated rings. The molecule has 0 aromatic rings. The molecule has 0 saturated heterocycles. The summed E-state index contributed by atoms with van der Waals surface area (Å²) < 4.78 is 5.68. The predicted molar refractivity (Wildman–Crippen MR) is 68.3 cm³/mol. The lowest BCUT2D eigenvalue weighted by Crippen LogP contribution is -2.54. The van der Waals surface area contributed by atoms with E-state index in [1.807, 2.05) is 6.92 Å². The van der Waals surface area contributed by atoms with Crippen molar-refractivity contribution in [1.29, 1.82) is 0 Å². The van der Waals surface area contributed by atoms with Gasteiger partial charge >= 0.3 is 5.97 Å². The van der Waals surface area contributed by atoms with Crippen LogP contribution in [0, 0.1) is 0 Å². The van der Waals surface area contributed by atoms with E-state index in [1.54, 1.807) is 6.92 Å². The molecule has 0 spiro atoms. The van der Waals surface area contributed by atoms with Gasteiger partial charge in [0.2, 0.25) is 0 Å². The van der Waals surface area contributed by atoms with Gasteiger partial charge in [-0.15, -0.1) is 0 Å². The van der Waals surface area contributed by atoms with Crippen LogP contribution in [-0.4, -0.2) is 48.0 Å². The van der Waals surface area contributed by atoms with Crippen molar-refractivity contribution in [3.63, 3.8) is 0 Å². The van der Waals surface area contributed by atoms with Crippen LogP contribution in [0.2, 0.25) is 0 Å². The molecule has 0 saturated carbocycles. The van der Waals surface area contributed by atoms with Crippen molar-refractivity contribution in [3.05, 3.63) is 12.2 Å². The number of hydrogen-bond acceptors (Lipinski definition) is 3. The van der Waals surface area contributed by atoms with Crippen LogP contribution in [0.15, 0.2) is 12.2 Å². The topological polar surface area (TPSA) is 46.5 Å². The molecule has 0 aliphatic carbocycles. The number of aliphatic hydroxyl groups excluding tert-OH is 1. The van der Waals surface area contributed by atoms with Gasteiger partial charge in [-0.05, 0) is 20.8 Å². The summed E-state index contributed by atoms with van der Waals surface area (Å²) in [5, 5.41) is 9.81. The van der Waals surface area contributed by atoms with Crippen molar-refractivity contribution in [2.45, 2.75) is 40.3 Å². The standard InChI is InChI=1S/C13H26NO3/c1-6-14(7-2,12(5)15)9-8-10-17-13(16)11(3)4/h12,15H,3,6-10H2,1-2,4-5H3/q+1. The molecule has 4 nitrogen and oxygen atoms in total. The van der Waals surface area contributed by atoms with Crippen LogP contribution in [0.1, 0.15) is 34.1 Å². The first-order valence-corrected chi connectivity index (χ1v) is 6.26. The Balaban J connectivity index is 4.08. The summed E-state index contributed by atoms with van der Waals surface area (Å²) in [5.74, 6) is -0.340. The molecule has 1 atom stereocenters. The first kappa shape index (κ1) is 16.1. The second-order valence-corrected chi connectivity index (χ2v) is 4.48. The Kier molecular flexibility index (Phi) is 7.07. The smallest absolute Gasteiger partial charge is 0.333 e. The molecule has 1 unspecified atom stereocenters. The molecule has 100 valence electrons. The minimum atomic E-state index is -0.387. The van der Waals surface area contributed by atoms with Crippen molar-refractivity contribution < 1.29 is 19.1 Å². The largest absolute Gasteiger partial charge is 0.462 e. The lowest BCUT2D eigenvalue weighted by atomic mass is 10.2. The van der Waals surface area contributed by atoms with Crippen molar-refractivity contribution in [3.8, 4) is 0 Å². The highest BCUT2D eigenvalue weighted by Gasteiger charge is 2.28. The van der Waals surface area contributed by atoms with E-state index in [2.05, 4.69) is 20.4 Å². The molecule has 4 heteroatoms. The molecule has 0 aliphatic heterocycles. The Hall–Kier alpha value is -0.870. The van der Waals surface area contributed by atoms with E-state index in [0.29, 0.717) is 16.7 Å². The van der Waals surface area contributed by atoms with Crippen LogP contribution in [0.3, 0.4) is 0 Å². The summed E-state index contributed by atoms with van der Waals surface area (Å²) in [4.78, 5) is 11.2. The number of esters is 1. The van der Waals surface area contributed by atoms with Crippen LogP contribution < -0.4 is 0 Å². The fraction of sp³-hybridized carbons (Fsp3) is 0.769. The monoisotopic (exact) mass is 244 g/mol. The minimum absolute atomic E-state index is 0.340. The fourth-order valence-corrected chi connectivity index (χ4v) is 1.92. The predicted octanol–water partition coefficient (Wildman–Crippen LogP) is 1.69. The molecule has 0 bridgehead atoms. The summed E-state index contributed by atoms with van der Waals surface area (Å²) in [6.45, 7) is 14.1. The Morgan fingerprint density at radius 2 is 1.94 bits per heavy atom. The van der Waals surface area contributed by atoms with Crippen molar-refractivity contribution in [1.82, 2.24) is 0 Å². The average Bonchev–Trinajstić information content (AvgIpc) is 2.29. The second kappa shape index (κ2) is 7.45. The van der Waals surface area contributed by atoms with Gasteiger partial charge in [-0.25, -0.2) is 4.79 Å². The number of hydrogen-bond donors (Lipinski definition) is 1. The van der Waals surface area contributed by atoms with Crippen molar-refractivity contribution in [2.24, 2.45) is 0 Å². The quantitative estimate of drug-likeness (QED) is 0.232. The zero-order valence-electron chi connectivity index (χ0n) is 11.5. The van der Waals surface area contributed by atoms with E-state index in [1.165, 1.54) is 0 Å². The van der Waals surface area contributed by atoms with Gasteiger partial charge in [0.05, 0.1) is 26.2 Å². The highest BCUT2D eigenvalue weighted by atomic mass is 16.5. The van der Waals surface area contributed by atoms with Crippen LogP contribution >= 0.6 is 0 Å². The number of nitrogens with zero attached hydrogens (tertiary/aromatic N) is 1. The second-order valence-electron chi connectivity index (χ2n) is 4.48. The molecule has 0 aromatic carbocycles. The number of quaternary nitrogens is 1. The normalized spacial score (nSPS) is 13.2. The first-order valence-electron chi connectivity index (χ1n) is 6.26. The van der Waals surface area contributed by atoms with Crippen LogP contribution in [0.5, 0.6) is 0 Å². The third kappa shape index (κ3) is 4.88.